The molecule has 2 aromatic carbocycles. The van der Waals surface area contributed by atoms with E-state index in [0.29, 0.717) is 18.7 Å². The van der Waals surface area contributed by atoms with Crippen LogP contribution in [0.25, 0.3) is 16.9 Å². The molecule has 1 N–H and O–H groups in total. The van der Waals surface area contributed by atoms with Crippen LogP contribution in [-0.4, -0.2) is 16.3 Å². The maximum absolute atomic E-state index is 13.4. The van der Waals surface area contributed by atoms with E-state index in [9.17, 15) is 13.2 Å². The average molecular weight is 357 g/mol. The molecule has 0 saturated carbocycles. The number of anilines is 1. The Bertz CT molecular complexity index is 940. The zero-order chi connectivity index (χ0) is 18.3. The molecule has 0 fully saturated rings. The molecule has 0 amide bonds. The van der Waals surface area contributed by atoms with Crippen molar-refractivity contribution in [1.82, 2.24) is 9.78 Å². The van der Waals surface area contributed by atoms with Gasteiger partial charge in [-0.1, -0.05) is 37.3 Å². The predicted octanol–water partition coefficient (Wildman–Crippen LogP) is 5.09. The molecule has 1 aliphatic rings. The fourth-order valence-electron chi connectivity index (χ4n) is 3.39. The van der Waals surface area contributed by atoms with Crippen molar-refractivity contribution in [3.63, 3.8) is 0 Å². The van der Waals surface area contributed by atoms with Crippen LogP contribution in [0.3, 0.4) is 0 Å². The van der Waals surface area contributed by atoms with Gasteiger partial charge in [0.05, 0.1) is 16.9 Å². The molecule has 0 spiro atoms. The van der Waals surface area contributed by atoms with Gasteiger partial charge < -0.3 is 5.32 Å². The SMILES string of the molecule is CCc1ccc(-n2nc(-c3ccccc3C(F)(F)F)c3c2NCC3)cc1. The first-order chi connectivity index (χ1) is 12.5. The summed E-state index contributed by atoms with van der Waals surface area (Å²) < 4.78 is 42.1. The Morgan fingerprint density at radius 2 is 1.81 bits per heavy atom. The second-order valence-electron chi connectivity index (χ2n) is 6.33. The number of hydrogen-bond acceptors (Lipinski definition) is 2. The van der Waals surface area contributed by atoms with Crippen LogP contribution in [0.5, 0.6) is 0 Å². The van der Waals surface area contributed by atoms with E-state index in [1.54, 1.807) is 10.7 Å². The van der Waals surface area contributed by atoms with Gasteiger partial charge in [0, 0.05) is 17.7 Å². The van der Waals surface area contributed by atoms with Crippen molar-refractivity contribution in [3.05, 3.63) is 65.2 Å². The molecule has 3 nitrogen and oxygen atoms in total. The Kier molecular flexibility index (Phi) is 3.98. The molecule has 0 bridgehead atoms. The minimum absolute atomic E-state index is 0.129. The van der Waals surface area contributed by atoms with Crippen molar-refractivity contribution >= 4 is 5.82 Å². The van der Waals surface area contributed by atoms with E-state index < -0.39 is 11.7 Å². The zero-order valence-corrected chi connectivity index (χ0v) is 14.3. The van der Waals surface area contributed by atoms with E-state index in [1.807, 2.05) is 24.3 Å². The summed E-state index contributed by atoms with van der Waals surface area (Å²) in [5.41, 5.74) is 2.75. The van der Waals surface area contributed by atoms with Gasteiger partial charge in [-0.25, -0.2) is 4.68 Å². The Labute approximate surface area is 149 Å². The van der Waals surface area contributed by atoms with Crippen molar-refractivity contribution in [2.24, 2.45) is 0 Å². The van der Waals surface area contributed by atoms with E-state index >= 15 is 0 Å². The van der Waals surface area contributed by atoms with Gasteiger partial charge in [0.25, 0.3) is 0 Å². The molecule has 6 heteroatoms. The Morgan fingerprint density at radius 3 is 2.50 bits per heavy atom. The normalized spacial score (nSPS) is 13.5. The highest BCUT2D eigenvalue weighted by Gasteiger charge is 2.35. The van der Waals surface area contributed by atoms with Gasteiger partial charge in [0.15, 0.2) is 0 Å². The number of halogens is 3. The van der Waals surface area contributed by atoms with Gasteiger partial charge >= 0.3 is 6.18 Å². The van der Waals surface area contributed by atoms with Crippen LogP contribution in [0.15, 0.2) is 48.5 Å². The lowest BCUT2D eigenvalue weighted by molar-refractivity contribution is -0.137. The average Bonchev–Trinajstić information content (AvgIpc) is 3.24. The molecule has 0 aliphatic carbocycles. The third-order valence-electron chi connectivity index (χ3n) is 4.73. The second-order valence-corrected chi connectivity index (χ2v) is 6.33. The van der Waals surface area contributed by atoms with Crippen molar-refractivity contribution in [2.45, 2.75) is 25.9 Å². The van der Waals surface area contributed by atoms with E-state index in [-0.39, 0.29) is 5.56 Å². The number of aryl methyl sites for hydroxylation is 1. The summed E-state index contributed by atoms with van der Waals surface area (Å²) >= 11 is 0. The summed E-state index contributed by atoms with van der Waals surface area (Å²) in [5.74, 6) is 0.779. The van der Waals surface area contributed by atoms with Gasteiger partial charge in [-0.05, 0) is 36.6 Å². The molecule has 0 unspecified atom stereocenters. The standard InChI is InChI=1S/C20H18F3N3/c1-2-13-7-9-14(10-8-13)26-19-16(11-12-24-19)18(25-26)15-5-3-4-6-17(15)20(21,22)23/h3-10,24H,2,11-12H2,1H3. The molecule has 1 aliphatic heterocycles. The number of benzene rings is 2. The molecule has 1 aromatic heterocycles. The molecule has 26 heavy (non-hydrogen) atoms. The summed E-state index contributed by atoms with van der Waals surface area (Å²) in [5, 5.41) is 7.82. The molecule has 2 heterocycles. The predicted molar refractivity (Wildman–Crippen MR) is 95.6 cm³/mol. The molecule has 0 radical (unpaired) electrons. The van der Waals surface area contributed by atoms with Crippen LogP contribution >= 0.6 is 0 Å². The first-order valence-electron chi connectivity index (χ1n) is 8.60. The van der Waals surface area contributed by atoms with Crippen LogP contribution in [-0.2, 0) is 19.0 Å². The number of fused-ring (bicyclic) bond motifs is 1. The van der Waals surface area contributed by atoms with Crippen LogP contribution in [0.1, 0.15) is 23.6 Å². The molecule has 134 valence electrons. The van der Waals surface area contributed by atoms with E-state index in [1.165, 1.54) is 17.7 Å². The molecular formula is C20H18F3N3. The van der Waals surface area contributed by atoms with Gasteiger partial charge in [-0.15, -0.1) is 0 Å². The first-order valence-corrected chi connectivity index (χ1v) is 8.60. The largest absolute Gasteiger partial charge is 0.417 e. The van der Waals surface area contributed by atoms with Crippen molar-refractivity contribution in [3.8, 4) is 16.9 Å². The van der Waals surface area contributed by atoms with Gasteiger partial charge in [-0.3, -0.25) is 0 Å². The Hall–Kier alpha value is -2.76. The second kappa shape index (κ2) is 6.20. The maximum atomic E-state index is 13.4. The minimum Gasteiger partial charge on any atom is -0.369 e. The monoisotopic (exact) mass is 357 g/mol. The summed E-state index contributed by atoms with van der Waals surface area (Å²) in [7, 11) is 0. The number of rotatable bonds is 3. The van der Waals surface area contributed by atoms with E-state index in [4.69, 9.17) is 0 Å². The maximum Gasteiger partial charge on any atom is 0.417 e. The zero-order valence-electron chi connectivity index (χ0n) is 14.3. The van der Waals surface area contributed by atoms with Gasteiger partial charge in [-0.2, -0.15) is 18.3 Å². The van der Waals surface area contributed by atoms with Crippen molar-refractivity contribution in [1.29, 1.82) is 0 Å². The quantitative estimate of drug-likeness (QED) is 0.708. The lowest BCUT2D eigenvalue weighted by Gasteiger charge is -2.11. The Morgan fingerprint density at radius 1 is 1.08 bits per heavy atom. The number of alkyl halides is 3. The fraction of sp³-hybridized carbons (Fsp3) is 0.250. The summed E-state index contributed by atoms with van der Waals surface area (Å²) in [6.45, 7) is 2.77. The molecule has 0 saturated heterocycles. The summed E-state index contributed by atoms with van der Waals surface area (Å²) in [6, 6.07) is 13.6. The van der Waals surface area contributed by atoms with Crippen LogP contribution in [0.2, 0.25) is 0 Å². The van der Waals surface area contributed by atoms with Gasteiger partial charge in [0.1, 0.15) is 5.82 Å². The lowest BCUT2D eigenvalue weighted by Crippen LogP contribution is -2.08. The van der Waals surface area contributed by atoms with E-state index in [2.05, 4.69) is 17.3 Å². The topological polar surface area (TPSA) is 29.9 Å². The number of nitrogens with zero attached hydrogens (tertiary/aromatic N) is 2. The smallest absolute Gasteiger partial charge is 0.369 e. The highest BCUT2D eigenvalue weighted by molar-refractivity contribution is 5.75. The fourth-order valence-corrected chi connectivity index (χ4v) is 3.39. The molecular weight excluding hydrogens is 339 g/mol. The number of aromatic nitrogens is 2. The lowest BCUT2D eigenvalue weighted by atomic mass is 10.0. The number of hydrogen-bond donors (Lipinski definition) is 1. The minimum atomic E-state index is -4.41. The van der Waals surface area contributed by atoms with Crippen LogP contribution in [0.4, 0.5) is 19.0 Å². The van der Waals surface area contributed by atoms with Crippen molar-refractivity contribution < 1.29 is 13.2 Å². The van der Waals surface area contributed by atoms with Crippen molar-refractivity contribution in [2.75, 3.05) is 11.9 Å². The molecule has 3 aromatic rings. The van der Waals surface area contributed by atoms with Gasteiger partial charge in [0.2, 0.25) is 0 Å². The third-order valence-corrected chi connectivity index (χ3v) is 4.73. The summed E-state index contributed by atoms with van der Waals surface area (Å²) in [4.78, 5) is 0. The Balaban J connectivity index is 1.88. The summed E-state index contributed by atoms with van der Waals surface area (Å²) in [6.07, 6.45) is -2.83. The molecule has 0 atom stereocenters. The molecule has 4 rings (SSSR count). The third kappa shape index (κ3) is 2.75. The highest BCUT2D eigenvalue weighted by Crippen LogP contribution is 2.41. The van der Waals surface area contributed by atoms with E-state index in [0.717, 1.165) is 29.6 Å². The van der Waals surface area contributed by atoms with Crippen LogP contribution < -0.4 is 5.32 Å². The first kappa shape index (κ1) is 16.7. The number of nitrogens with one attached hydrogen (secondary N) is 1. The van der Waals surface area contributed by atoms with Crippen LogP contribution in [0, 0.1) is 0 Å². The highest BCUT2D eigenvalue weighted by atomic mass is 19.4.